The molecule has 24 heavy (non-hydrogen) atoms. The number of rotatable bonds is 5. The van der Waals surface area contributed by atoms with E-state index in [0.717, 1.165) is 4.88 Å². The molecule has 0 spiro atoms. The van der Waals surface area contributed by atoms with Gasteiger partial charge in [-0.05, 0) is 49.1 Å². The molecular weight excluding hydrogens is 327 g/mol. The smallest absolute Gasteiger partial charge is 0.264 e. The summed E-state index contributed by atoms with van der Waals surface area (Å²) in [4.78, 5) is 15.8. The number of amides is 1. The van der Waals surface area contributed by atoms with Gasteiger partial charge in [0.05, 0.1) is 12.2 Å². The molecule has 0 saturated heterocycles. The molecule has 0 aliphatic rings. The molecule has 124 valence electrons. The Labute approximate surface area is 143 Å². The molecule has 0 aliphatic carbocycles. The zero-order valence-electron chi connectivity index (χ0n) is 13.5. The van der Waals surface area contributed by atoms with Crippen LogP contribution in [0, 0.1) is 12.7 Å². The molecule has 1 amide bonds. The van der Waals surface area contributed by atoms with Crippen molar-refractivity contribution in [3.05, 3.63) is 69.5 Å². The van der Waals surface area contributed by atoms with Gasteiger partial charge in [-0.25, -0.2) is 4.39 Å². The molecule has 0 radical (unpaired) electrons. The molecular formula is C18H17FN2O2S. The first-order chi connectivity index (χ1) is 11.6. The lowest BCUT2D eigenvalue weighted by Gasteiger charge is -2.22. The van der Waals surface area contributed by atoms with Gasteiger partial charge in [0.1, 0.15) is 17.1 Å². The van der Waals surface area contributed by atoms with Crippen LogP contribution in [0.5, 0.6) is 0 Å². The van der Waals surface area contributed by atoms with E-state index in [2.05, 4.69) is 5.16 Å². The minimum absolute atomic E-state index is 0.189. The molecule has 1 aromatic carbocycles. The van der Waals surface area contributed by atoms with Crippen LogP contribution in [-0.2, 0) is 13.0 Å². The van der Waals surface area contributed by atoms with Gasteiger partial charge in [0.25, 0.3) is 5.91 Å². The number of hydrogen-bond acceptors (Lipinski definition) is 4. The van der Waals surface area contributed by atoms with Crippen molar-refractivity contribution in [1.29, 1.82) is 0 Å². The van der Waals surface area contributed by atoms with Gasteiger partial charge in [0.15, 0.2) is 0 Å². The largest absolute Gasteiger partial charge is 0.361 e. The fourth-order valence-corrected chi connectivity index (χ4v) is 3.22. The van der Waals surface area contributed by atoms with Crippen molar-refractivity contribution < 1.29 is 13.7 Å². The van der Waals surface area contributed by atoms with Gasteiger partial charge < -0.3 is 9.42 Å². The van der Waals surface area contributed by atoms with Crippen molar-refractivity contribution in [1.82, 2.24) is 5.16 Å². The SMILES string of the molecule is CCc1noc(C)c1C(=O)N(Cc1cccs1)c1ccc(F)cc1. The third-order valence-electron chi connectivity index (χ3n) is 3.76. The number of carbonyl (C=O) groups excluding carboxylic acids is 1. The number of carbonyl (C=O) groups is 1. The Morgan fingerprint density at radius 1 is 1.29 bits per heavy atom. The Hall–Kier alpha value is -2.47. The highest BCUT2D eigenvalue weighted by molar-refractivity contribution is 7.09. The second-order valence-electron chi connectivity index (χ2n) is 5.36. The maximum atomic E-state index is 13.3. The van der Waals surface area contributed by atoms with E-state index in [1.165, 1.54) is 12.1 Å². The van der Waals surface area contributed by atoms with Crippen molar-refractivity contribution in [2.24, 2.45) is 0 Å². The third-order valence-corrected chi connectivity index (χ3v) is 4.62. The molecule has 0 saturated carbocycles. The zero-order chi connectivity index (χ0) is 17.1. The molecule has 3 aromatic rings. The topological polar surface area (TPSA) is 46.3 Å². The maximum Gasteiger partial charge on any atom is 0.264 e. The minimum Gasteiger partial charge on any atom is -0.361 e. The molecule has 6 heteroatoms. The molecule has 3 rings (SSSR count). The number of nitrogens with zero attached hydrogens (tertiary/aromatic N) is 2. The van der Waals surface area contributed by atoms with Gasteiger partial charge in [-0.1, -0.05) is 18.1 Å². The van der Waals surface area contributed by atoms with Crippen molar-refractivity contribution >= 4 is 22.9 Å². The van der Waals surface area contributed by atoms with E-state index >= 15 is 0 Å². The van der Waals surface area contributed by atoms with Crippen molar-refractivity contribution in [3.8, 4) is 0 Å². The van der Waals surface area contributed by atoms with Crippen LogP contribution >= 0.6 is 11.3 Å². The summed E-state index contributed by atoms with van der Waals surface area (Å²) in [6, 6.07) is 9.83. The summed E-state index contributed by atoms with van der Waals surface area (Å²) in [5.74, 6) is -0.0292. The number of anilines is 1. The lowest BCUT2D eigenvalue weighted by atomic mass is 10.1. The number of aromatic nitrogens is 1. The highest BCUT2D eigenvalue weighted by Crippen LogP contribution is 2.25. The Bertz CT molecular complexity index is 825. The summed E-state index contributed by atoms with van der Waals surface area (Å²) in [6.07, 6.45) is 0.606. The van der Waals surface area contributed by atoms with Crippen LogP contribution in [0.1, 0.15) is 33.6 Å². The summed E-state index contributed by atoms with van der Waals surface area (Å²) >= 11 is 1.57. The lowest BCUT2D eigenvalue weighted by Crippen LogP contribution is -2.31. The van der Waals surface area contributed by atoms with Gasteiger partial charge in [-0.3, -0.25) is 4.79 Å². The van der Waals surface area contributed by atoms with Crippen LogP contribution in [0.3, 0.4) is 0 Å². The highest BCUT2D eigenvalue weighted by Gasteiger charge is 2.26. The van der Waals surface area contributed by atoms with E-state index in [0.29, 0.717) is 35.7 Å². The number of aryl methyl sites for hydroxylation is 2. The van der Waals surface area contributed by atoms with E-state index in [1.54, 1.807) is 35.3 Å². The fourth-order valence-electron chi connectivity index (χ4n) is 2.53. The maximum absolute atomic E-state index is 13.3. The highest BCUT2D eigenvalue weighted by atomic mass is 32.1. The number of hydrogen-bond donors (Lipinski definition) is 0. The zero-order valence-corrected chi connectivity index (χ0v) is 14.3. The van der Waals surface area contributed by atoms with Crippen LogP contribution in [0.2, 0.25) is 0 Å². The molecule has 0 atom stereocenters. The van der Waals surface area contributed by atoms with Crippen LogP contribution in [0.15, 0.2) is 46.3 Å². The first kappa shape index (κ1) is 16.4. The third kappa shape index (κ3) is 3.23. The van der Waals surface area contributed by atoms with Crippen LogP contribution < -0.4 is 4.90 Å². The summed E-state index contributed by atoms with van der Waals surface area (Å²) < 4.78 is 18.5. The molecule has 4 nitrogen and oxygen atoms in total. The molecule has 2 aromatic heterocycles. The Morgan fingerprint density at radius 2 is 2.04 bits per heavy atom. The summed E-state index contributed by atoms with van der Waals surface area (Å²) in [6.45, 7) is 4.07. The first-order valence-corrected chi connectivity index (χ1v) is 8.53. The standard InChI is InChI=1S/C18H17FN2O2S/c1-3-16-17(12(2)23-20-16)18(22)21(11-15-5-4-10-24-15)14-8-6-13(19)7-9-14/h4-10H,3,11H2,1-2H3. The van der Waals surface area contributed by atoms with Crippen molar-refractivity contribution in [3.63, 3.8) is 0 Å². The summed E-state index contributed by atoms with van der Waals surface area (Å²) in [5, 5.41) is 5.93. The predicted octanol–water partition coefficient (Wildman–Crippen LogP) is 4.59. The van der Waals surface area contributed by atoms with E-state index in [1.807, 2.05) is 24.4 Å². The van der Waals surface area contributed by atoms with Crippen LogP contribution in [0.25, 0.3) is 0 Å². The van der Waals surface area contributed by atoms with Gasteiger partial charge in [0.2, 0.25) is 0 Å². The van der Waals surface area contributed by atoms with Crippen LogP contribution in [0.4, 0.5) is 10.1 Å². The molecule has 0 aliphatic heterocycles. The van der Waals surface area contributed by atoms with Gasteiger partial charge in [-0.2, -0.15) is 0 Å². The van der Waals surface area contributed by atoms with E-state index in [9.17, 15) is 9.18 Å². The Morgan fingerprint density at radius 3 is 2.67 bits per heavy atom. The quantitative estimate of drug-likeness (QED) is 0.680. The van der Waals surface area contributed by atoms with Gasteiger partial charge >= 0.3 is 0 Å². The average Bonchev–Trinajstić information content (AvgIpc) is 3.22. The van der Waals surface area contributed by atoms with E-state index in [-0.39, 0.29) is 11.7 Å². The van der Waals surface area contributed by atoms with Crippen molar-refractivity contribution in [2.45, 2.75) is 26.8 Å². The molecule has 0 fully saturated rings. The van der Waals surface area contributed by atoms with E-state index < -0.39 is 0 Å². The lowest BCUT2D eigenvalue weighted by molar-refractivity contribution is 0.0983. The average molecular weight is 344 g/mol. The number of thiophene rings is 1. The second-order valence-corrected chi connectivity index (χ2v) is 6.39. The molecule has 0 bridgehead atoms. The number of benzene rings is 1. The van der Waals surface area contributed by atoms with Gasteiger partial charge in [0, 0.05) is 10.6 Å². The molecule has 2 heterocycles. The summed E-state index contributed by atoms with van der Waals surface area (Å²) in [5.41, 5.74) is 1.76. The predicted molar refractivity (Wildman–Crippen MR) is 91.9 cm³/mol. The minimum atomic E-state index is -0.335. The second kappa shape index (κ2) is 6.97. The van der Waals surface area contributed by atoms with Crippen molar-refractivity contribution in [2.75, 3.05) is 4.90 Å². The van der Waals surface area contributed by atoms with Gasteiger partial charge in [-0.15, -0.1) is 11.3 Å². The monoisotopic (exact) mass is 344 g/mol. The number of halogens is 1. The first-order valence-electron chi connectivity index (χ1n) is 7.65. The Kier molecular flexibility index (Phi) is 4.76. The van der Waals surface area contributed by atoms with E-state index in [4.69, 9.17) is 4.52 Å². The normalized spacial score (nSPS) is 10.8. The fraction of sp³-hybridized carbons (Fsp3) is 0.222. The molecule has 0 unspecified atom stereocenters. The molecule has 0 N–H and O–H groups in total. The summed E-state index contributed by atoms with van der Waals surface area (Å²) in [7, 11) is 0. The van der Waals surface area contributed by atoms with Crippen LogP contribution in [-0.4, -0.2) is 11.1 Å². The Balaban J connectivity index is 2.01.